The molecule has 154 valence electrons. The summed E-state index contributed by atoms with van der Waals surface area (Å²) in [7, 11) is 0. The Labute approximate surface area is 172 Å². The van der Waals surface area contributed by atoms with Gasteiger partial charge in [0, 0.05) is 41.2 Å². The number of carbonyl (C=O) groups excluding carboxylic acids is 2. The minimum Gasteiger partial charge on any atom is -0.451 e. The van der Waals surface area contributed by atoms with Gasteiger partial charge in [0.2, 0.25) is 11.5 Å². The lowest BCUT2D eigenvalue weighted by Crippen LogP contribution is -2.14. The van der Waals surface area contributed by atoms with Crippen molar-refractivity contribution in [1.29, 1.82) is 0 Å². The number of ketones is 1. The molecule has 1 aromatic carbocycles. The van der Waals surface area contributed by atoms with Crippen LogP contribution in [0.25, 0.3) is 11.3 Å². The molecule has 3 rings (SSSR count). The molecule has 0 saturated heterocycles. The maximum Gasteiger partial charge on any atom is 0.374 e. The van der Waals surface area contributed by atoms with Gasteiger partial charge in [-0.3, -0.25) is 14.9 Å². The number of hydrogen-bond acceptors (Lipinski definition) is 6. The number of ether oxygens (including phenoxy) is 1. The number of carbonyl (C=O) groups is 2. The monoisotopic (exact) mass is 408 g/mol. The number of nitrogens with zero attached hydrogens (tertiary/aromatic N) is 2. The Balaban J connectivity index is 1.66. The number of Topliss-reactive ketones (excluding diaryl/α,β-unsaturated/α-hetero) is 1. The normalized spacial score (nSPS) is 10.6. The van der Waals surface area contributed by atoms with Gasteiger partial charge in [-0.25, -0.2) is 4.79 Å². The van der Waals surface area contributed by atoms with E-state index in [1.807, 2.05) is 18.4 Å². The Bertz CT molecular complexity index is 1120. The Morgan fingerprint density at radius 2 is 1.90 bits per heavy atom. The largest absolute Gasteiger partial charge is 0.451 e. The van der Waals surface area contributed by atoms with Crippen molar-refractivity contribution in [3.8, 4) is 11.3 Å². The van der Waals surface area contributed by atoms with Gasteiger partial charge < -0.3 is 13.7 Å². The number of rotatable bonds is 8. The van der Waals surface area contributed by atoms with E-state index in [-0.39, 0.29) is 17.2 Å². The molecule has 2 heterocycles. The van der Waals surface area contributed by atoms with Crippen molar-refractivity contribution in [3.63, 3.8) is 0 Å². The second-order valence-corrected chi connectivity index (χ2v) is 6.65. The first-order chi connectivity index (χ1) is 14.3. The number of furan rings is 1. The summed E-state index contributed by atoms with van der Waals surface area (Å²) in [6.45, 7) is 7.60. The van der Waals surface area contributed by atoms with Crippen molar-refractivity contribution >= 4 is 17.4 Å². The number of aryl methyl sites for hydroxylation is 1. The number of hydrogen-bond donors (Lipinski definition) is 0. The van der Waals surface area contributed by atoms with Gasteiger partial charge in [-0.15, -0.1) is 6.58 Å². The maximum atomic E-state index is 12.5. The molecule has 8 nitrogen and oxygen atoms in total. The summed E-state index contributed by atoms with van der Waals surface area (Å²) >= 11 is 0. The summed E-state index contributed by atoms with van der Waals surface area (Å²) in [6.07, 6.45) is 1.74. The highest BCUT2D eigenvalue weighted by Crippen LogP contribution is 2.25. The number of nitro benzene ring substituents is 1. The first-order valence-electron chi connectivity index (χ1n) is 9.14. The standard InChI is InChI=1S/C22H20N2O6/c1-4-11-23-14(2)12-18(15(23)3)19(25)13-29-22(26)21-10-9-20(30-21)16-5-7-17(8-6-16)24(27)28/h4-10,12H,1,11,13H2,2-3H3. The fraction of sp³-hybridized carbons (Fsp3) is 0.182. The Morgan fingerprint density at radius 1 is 1.20 bits per heavy atom. The van der Waals surface area contributed by atoms with Gasteiger partial charge in [0.05, 0.1) is 4.92 Å². The van der Waals surface area contributed by atoms with Crippen LogP contribution in [0.4, 0.5) is 5.69 Å². The molecule has 8 heteroatoms. The maximum absolute atomic E-state index is 12.5. The van der Waals surface area contributed by atoms with E-state index in [4.69, 9.17) is 9.15 Å². The molecule has 0 bridgehead atoms. The highest BCUT2D eigenvalue weighted by Gasteiger charge is 2.19. The van der Waals surface area contributed by atoms with Crippen molar-refractivity contribution < 1.29 is 23.7 Å². The third-order valence-electron chi connectivity index (χ3n) is 4.69. The SMILES string of the molecule is C=CCn1c(C)cc(C(=O)COC(=O)c2ccc(-c3ccc([N+](=O)[O-])cc3)o2)c1C. The van der Waals surface area contributed by atoms with Gasteiger partial charge in [0.25, 0.3) is 5.69 Å². The topological polar surface area (TPSA) is 105 Å². The molecule has 0 aliphatic heterocycles. The minimum atomic E-state index is -0.767. The average molecular weight is 408 g/mol. The van der Waals surface area contributed by atoms with Crippen LogP contribution in [0, 0.1) is 24.0 Å². The van der Waals surface area contributed by atoms with Crippen LogP contribution in [0.2, 0.25) is 0 Å². The summed E-state index contributed by atoms with van der Waals surface area (Å²) in [6, 6.07) is 10.5. The molecule has 3 aromatic rings. The second kappa shape index (κ2) is 8.60. The molecule has 2 aromatic heterocycles. The highest BCUT2D eigenvalue weighted by molar-refractivity contribution is 6.00. The van der Waals surface area contributed by atoms with Gasteiger partial charge in [0.1, 0.15) is 5.76 Å². The van der Waals surface area contributed by atoms with E-state index in [2.05, 4.69) is 6.58 Å². The van der Waals surface area contributed by atoms with E-state index in [0.717, 1.165) is 11.4 Å². The zero-order chi connectivity index (χ0) is 21.8. The van der Waals surface area contributed by atoms with Crippen LogP contribution >= 0.6 is 0 Å². The first-order valence-corrected chi connectivity index (χ1v) is 9.14. The number of nitro groups is 1. The number of benzene rings is 1. The van der Waals surface area contributed by atoms with Crippen LogP contribution in [-0.2, 0) is 11.3 Å². The number of aromatic nitrogens is 1. The third kappa shape index (κ3) is 4.22. The molecule has 0 atom stereocenters. The van der Waals surface area contributed by atoms with Gasteiger partial charge in [-0.1, -0.05) is 6.08 Å². The van der Waals surface area contributed by atoms with Gasteiger partial charge in [-0.2, -0.15) is 0 Å². The van der Waals surface area contributed by atoms with E-state index in [1.54, 1.807) is 18.2 Å². The molecule has 0 saturated carbocycles. The molecule has 0 spiro atoms. The van der Waals surface area contributed by atoms with Gasteiger partial charge in [0.15, 0.2) is 6.61 Å². The number of allylic oxidation sites excluding steroid dienone is 1. The zero-order valence-electron chi connectivity index (χ0n) is 16.6. The van der Waals surface area contributed by atoms with Crippen LogP contribution in [-0.4, -0.2) is 27.8 Å². The van der Waals surface area contributed by atoms with E-state index in [1.165, 1.54) is 30.3 Å². The lowest BCUT2D eigenvalue weighted by atomic mass is 10.1. The molecule has 30 heavy (non-hydrogen) atoms. The minimum absolute atomic E-state index is 0.0455. The fourth-order valence-corrected chi connectivity index (χ4v) is 3.12. The first kappa shape index (κ1) is 20.8. The molecule has 0 unspecified atom stereocenters. The van der Waals surface area contributed by atoms with E-state index >= 15 is 0 Å². The van der Waals surface area contributed by atoms with E-state index in [9.17, 15) is 19.7 Å². The van der Waals surface area contributed by atoms with Crippen molar-refractivity contribution in [2.45, 2.75) is 20.4 Å². The van der Waals surface area contributed by atoms with Crippen molar-refractivity contribution in [2.75, 3.05) is 6.61 Å². The lowest BCUT2D eigenvalue weighted by molar-refractivity contribution is -0.384. The van der Waals surface area contributed by atoms with Crippen LogP contribution in [0.5, 0.6) is 0 Å². The van der Waals surface area contributed by atoms with E-state index in [0.29, 0.717) is 23.4 Å². The van der Waals surface area contributed by atoms with Crippen molar-refractivity contribution in [2.24, 2.45) is 0 Å². The summed E-state index contributed by atoms with van der Waals surface area (Å²) in [4.78, 5) is 35.0. The predicted octanol–water partition coefficient (Wildman–Crippen LogP) is 4.50. The average Bonchev–Trinajstić information content (AvgIpc) is 3.33. The fourth-order valence-electron chi connectivity index (χ4n) is 3.12. The van der Waals surface area contributed by atoms with Crippen molar-refractivity contribution in [1.82, 2.24) is 4.57 Å². The van der Waals surface area contributed by atoms with Crippen LogP contribution in [0.3, 0.4) is 0 Å². The highest BCUT2D eigenvalue weighted by atomic mass is 16.6. The van der Waals surface area contributed by atoms with Crippen LogP contribution < -0.4 is 0 Å². The predicted molar refractivity (Wildman–Crippen MR) is 110 cm³/mol. The summed E-state index contributed by atoms with van der Waals surface area (Å²) in [5.74, 6) is -0.783. The quantitative estimate of drug-likeness (QED) is 0.179. The molecule has 0 amide bonds. The second-order valence-electron chi connectivity index (χ2n) is 6.65. The van der Waals surface area contributed by atoms with Crippen LogP contribution in [0.15, 0.2) is 59.5 Å². The molecule has 0 radical (unpaired) electrons. The molecular weight excluding hydrogens is 388 g/mol. The number of non-ortho nitro benzene ring substituents is 1. The lowest BCUT2D eigenvalue weighted by Gasteiger charge is -2.06. The Morgan fingerprint density at radius 3 is 2.53 bits per heavy atom. The zero-order valence-corrected chi connectivity index (χ0v) is 16.6. The molecular formula is C22H20N2O6. The summed E-state index contributed by atoms with van der Waals surface area (Å²) in [5, 5.41) is 10.7. The van der Waals surface area contributed by atoms with Gasteiger partial charge in [-0.05, 0) is 44.2 Å². The smallest absolute Gasteiger partial charge is 0.374 e. The number of esters is 1. The molecule has 0 N–H and O–H groups in total. The molecule has 0 aliphatic rings. The van der Waals surface area contributed by atoms with Gasteiger partial charge >= 0.3 is 5.97 Å². The van der Waals surface area contributed by atoms with Crippen LogP contribution in [0.1, 0.15) is 32.3 Å². The van der Waals surface area contributed by atoms with Crippen molar-refractivity contribution in [3.05, 3.63) is 87.9 Å². The summed E-state index contributed by atoms with van der Waals surface area (Å²) in [5.41, 5.74) is 2.72. The third-order valence-corrected chi connectivity index (χ3v) is 4.69. The Hall–Kier alpha value is -3.94. The summed E-state index contributed by atoms with van der Waals surface area (Å²) < 4.78 is 12.5. The molecule has 0 aliphatic carbocycles. The molecule has 0 fully saturated rings. The van der Waals surface area contributed by atoms with E-state index < -0.39 is 17.5 Å². The Kier molecular flexibility index (Phi) is 5.96.